The van der Waals surface area contributed by atoms with Crippen molar-refractivity contribution in [2.75, 3.05) is 21.3 Å². The van der Waals surface area contributed by atoms with E-state index in [2.05, 4.69) is 0 Å². The SMILES string of the molecule is COc1cc2ccc(OC)c(OC)c2cc1/C=C/C#N. The highest BCUT2D eigenvalue weighted by Crippen LogP contribution is 2.38. The molecule has 0 radical (unpaired) electrons. The van der Waals surface area contributed by atoms with Crippen LogP contribution >= 0.6 is 0 Å². The maximum atomic E-state index is 8.67. The van der Waals surface area contributed by atoms with Gasteiger partial charge in [-0.15, -0.1) is 0 Å². The molecule has 2 aromatic carbocycles. The van der Waals surface area contributed by atoms with Gasteiger partial charge in [0.05, 0.1) is 27.4 Å². The number of benzene rings is 2. The molecule has 0 fully saturated rings. The number of fused-ring (bicyclic) bond motifs is 1. The zero-order chi connectivity index (χ0) is 14.5. The summed E-state index contributed by atoms with van der Waals surface area (Å²) in [5, 5.41) is 10.6. The Hall–Kier alpha value is -2.67. The summed E-state index contributed by atoms with van der Waals surface area (Å²) >= 11 is 0. The molecule has 0 atom stereocenters. The smallest absolute Gasteiger partial charge is 0.168 e. The van der Waals surface area contributed by atoms with E-state index in [1.54, 1.807) is 27.4 Å². The van der Waals surface area contributed by atoms with Crippen LogP contribution in [0.1, 0.15) is 5.56 Å². The first-order chi connectivity index (χ1) is 9.74. The Morgan fingerprint density at radius 2 is 1.75 bits per heavy atom. The van der Waals surface area contributed by atoms with Crippen molar-refractivity contribution in [3.8, 4) is 23.3 Å². The van der Waals surface area contributed by atoms with Crippen molar-refractivity contribution in [2.45, 2.75) is 0 Å². The van der Waals surface area contributed by atoms with Crippen LogP contribution in [0.3, 0.4) is 0 Å². The molecule has 0 heterocycles. The van der Waals surface area contributed by atoms with Gasteiger partial charge >= 0.3 is 0 Å². The molecule has 0 amide bonds. The van der Waals surface area contributed by atoms with E-state index < -0.39 is 0 Å². The van der Waals surface area contributed by atoms with E-state index in [1.807, 2.05) is 30.3 Å². The van der Waals surface area contributed by atoms with Gasteiger partial charge in [0.15, 0.2) is 11.5 Å². The predicted molar refractivity (Wildman–Crippen MR) is 78.3 cm³/mol. The van der Waals surface area contributed by atoms with Crippen molar-refractivity contribution in [1.29, 1.82) is 5.26 Å². The molecule has 0 spiro atoms. The first kappa shape index (κ1) is 13.8. The van der Waals surface area contributed by atoms with E-state index in [0.717, 1.165) is 16.3 Å². The molecule has 0 bridgehead atoms. The monoisotopic (exact) mass is 269 g/mol. The van der Waals surface area contributed by atoms with Crippen molar-refractivity contribution >= 4 is 16.8 Å². The van der Waals surface area contributed by atoms with Gasteiger partial charge in [0, 0.05) is 17.0 Å². The van der Waals surface area contributed by atoms with Crippen molar-refractivity contribution in [3.63, 3.8) is 0 Å². The van der Waals surface area contributed by atoms with E-state index in [9.17, 15) is 0 Å². The number of nitrogens with zero attached hydrogens (tertiary/aromatic N) is 1. The first-order valence-electron chi connectivity index (χ1n) is 6.04. The zero-order valence-corrected chi connectivity index (χ0v) is 11.6. The molecular weight excluding hydrogens is 254 g/mol. The largest absolute Gasteiger partial charge is 0.496 e. The van der Waals surface area contributed by atoms with Crippen LogP contribution in [0.5, 0.6) is 17.2 Å². The Morgan fingerprint density at radius 1 is 1.00 bits per heavy atom. The molecule has 0 aliphatic carbocycles. The summed E-state index contributed by atoms with van der Waals surface area (Å²) in [6.07, 6.45) is 3.12. The number of nitriles is 1. The minimum Gasteiger partial charge on any atom is -0.496 e. The van der Waals surface area contributed by atoms with E-state index >= 15 is 0 Å². The second kappa shape index (κ2) is 5.98. The van der Waals surface area contributed by atoms with Gasteiger partial charge in [0.25, 0.3) is 0 Å². The summed E-state index contributed by atoms with van der Waals surface area (Å²) in [7, 11) is 4.81. The van der Waals surface area contributed by atoms with Crippen molar-refractivity contribution in [1.82, 2.24) is 0 Å². The maximum absolute atomic E-state index is 8.67. The summed E-state index contributed by atoms with van der Waals surface area (Å²) in [5.41, 5.74) is 0.813. The molecule has 0 aliphatic heterocycles. The van der Waals surface area contributed by atoms with Gasteiger partial charge in [-0.05, 0) is 29.7 Å². The average molecular weight is 269 g/mol. The molecule has 4 heteroatoms. The third-order valence-electron chi connectivity index (χ3n) is 3.05. The third kappa shape index (κ3) is 2.39. The van der Waals surface area contributed by atoms with Crippen LogP contribution in [0.15, 0.2) is 30.3 Å². The fourth-order valence-electron chi connectivity index (χ4n) is 2.13. The molecule has 0 saturated carbocycles. The molecule has 2 aromatic rings. The Labute approximate surface area is 117 Å². The van der Waals surface area contributed by atoms with Gasteiger partial charge in [-0.1, -0.05) is 6.07 Å². The molecule has 0 aliphatic rings. The van der Waals surface area contributed by atoms with E-state index in [-0.39, 0.29) is 0 Å². The summed E-state index contributed by atoms with van der Waals surface area (Å²) < 4.78 is 16.1. The third-order valence-corrected chi connectivity index (χ3v) is 3.05. The van der Waals surface area contributed by atoms with Crippen LogP contribution in [0, 0.1) is 11.3 Å². The first-order valence-corrected chi connectivity index (χ1v) is 6.04. The van der Waals surface area contributed by atoms with Gasteiger partial charge in [-0.25, -0.2) is 0 Å². The highest BCUT2D eigenvalue weighted by Gasteiger charge is 2.11. The molecule has 20 heavy (non-hydrogen) atoms. The lowest BCUT2D eigenvalue weighted by atomic mass is 10.0. The van der Waals surface area contributed by atoms with Crippen LogP contribution in [-0.2, 0) is 0 Å². The van der Waals surface area contributed by atoms with Crippen LogP contribution in [0.25, 0.3) is 16.8 Å². The fourth-order valence-corrected chi connectivity index (χ4v) is 2.13. The Balaban J connectivity index is 2.75. The summed E-state index contributed by atoms with van der Waals surface area (Å²) in [6, 6.07) is 9.60. The maximum Gasteiger partial charge on any atom is 0.168 e. The van der Waals surface area contributed by atoms with Gasteiger partial charge in [0.1, 0.15) is 5.75 Å². The number of ether oxygens (including phenoxy) is 3. The number of allylic oxidation sites excluding steroid dienone is 1. The van der Waals surface area contributed by atoms with E-state index in [1.165, 1.54) is 6.08 Å². The fraction of sp³-hybridized carbons (Fsp3) is 0.188. The molecule has 4 nitrogen and oxygen atoms in total. The van der Waals surface area contributed by atoms with Crippen LogP contribution in [0.4, 0.5) is 0 Å². The predicted octanol–water partition coefficient (Wildman–Crippen LogP) is 3.40. The Bertz CT molecular complexity index is 699. The number of methoxy groups -OCH3 is 3. The Kier molecular flexibility index (Phi) is 4.11. The van der Waals surface area contributed by atoms with Crippen LogP contribution in [-0.4, -0.2) is 21.3 Å². The van der Waals surface area contributed by atoms with Gasteiger partial charge in [-0.3, -0.25) is 0 Å². The second-order valence-electron chi connectivity index (χ2n) is 4.08. The molecule has 0 saturated heterocycles. The molecule has 2 rings (SSSR count). The van der Waals surface area contributed by atoms with Gasteiger partial charge in [0.2, 0.25) is 0 Å². The molecule has 0 unspecified atom stereocenters. The van der Waals surface area contributed by atoms with Gasteiger partial charge in [-0.2, -0.15) is 5.26 Å². The summed E-state index contributed by atoms with van der Waals surface area (Å²) in [5.74, 6) is 2.04. The van der Waals surface area contributed by atoms with Crippen LogP contribution in [0.2, 0.25) is 0 Å². The van der Waals surface area contributed by atoms with E-state index in [0.29, 0.717) is 17.2 Å². The minimum absolute atomic E-state index is 0.666. The number of rotatable bonds is 4. The molecular formula is C16H15NO3. The standard InChI is InChI=1S/C16H15NO3/c1-18-14-7-6-11-10-15(19-2)12(5-4-8-17)9-13(11)16(14)20-3/h4-7,9-10H,1-3H3/b5-4+. The summed E-state index contributed by atoms with van der Waals surface area (Å²) in [6.45, 7) is 0. The highest BCUT2D eigenvalue weighted by atomic mass is 16.5. The van der Waals surface area contributed by atoms with Crippen LogP contribution < -0.4 is 14.2 Å². The minimum atomic E-state index is 0.666. The number of hydrogen-bond acceptors (Lipinski definition) is 4. The second-order valence-corrected chi connectivity index (χ2v) is 4.08. The topological polar surface area (TPSA) is 51.5 Å². The molecule has 0 N–H and O–H groups in total. The quantitative estimate of drug-likeness (QED) is 0.798. The lowest BCUT2D eigenvalue weighted by Gasteiger charge is -2.13. The van der Waals surface area contributed by atoms with Crippen molar-refractivity contribution < 1.29 is 14.2 Å². The van der Waals surface area contributed by atoms with Crippen molar-refractivity contribution in [3.05, 3.63) is 35.9 Å². The molecule has 0 aromatic heterocycles. The Morgan fingerprint density at radius 3 is 2.35 bits per heavy atom. The lowest BCUT2D eigenvalue weighted by molar-refractivity contribution is 0.358. The lowest BCUT2D eigenvalue weighted by Crippen LogP contribution is -1.93. The van der Waals surface area contributed by atoms with Crippen molar-refractivity contribution in [2.24, 2.45) is 0 Å². The van der Waals surface area contributed by atoms with E-state index in [4.69, 9.17) is 19.5 Å². The zero-order valence-electron chi connectivity index (χ0n) is 11.6. The summed E-state index contributed by atoms with van der Waals surface area (Å²) in [4.78, 5) is 0. The molecule has 102 valence electrons. The normalized spacial score (nSPS) is 10.5. The van der Waals surface area contributed by atoms with Gasteiger partial charge < -0.3 is 14.2 Å². The highest BCUT2D eigenvalue weighted by molar-refractivity contribution is 5.94. The average Bonchev–Trinajstić information content (AvgIpc) is 2.50. The number of hydrogen-bond donors (Lipinski definition) is 0.